The van der Waals surface area contributed by atoms with E-state index in [2.05, 4.69) is 15.3 Å². The molecule has 0 radical (unpaired) electrons. The van der Waals surface area contributed by atoms with Crippen LogP contribution in [0.2, 0.25) is 0 Å². The van der Waals surface area contributed by atoms with E-state index in [1.54, 1.807) is 26.1 Å². The summed E-state index contributed by atoms with van der Waals surface area (Å²) < 4.78 is 62.0. The molecule has 1 aromatic carbocycles. The van der Waals surface area contributed by atoms with Gasteiger partial charge in [-0.15, -0.1) is 0 Å². The van der Waals surface area contributed by atoms with Crippen molar-refractivity contribution in [1.82, 2.24) is 14.5 Å². The average molecular weight is 478 g/mol. The standard InChI is InChI=1S/C22H22F3N5O2S/c1-12(14-4-3-5-15(18(14)23)19(24)25)29-20-17-10-16(13-6-8-33(26,32)9-7-13)22(31)30(2)21(17)28-11-27-20/h3-6,10-12,19,26H,7-9H2,1-2H3,(H,27,28,29). The second-order valence-corrected chi connectivity index (χ2v) is 10.3. The largest absolute Gasteiger partial charge is 0.363 e. The summed E-state index contributed by atoms with van der Waals surface area (Å²) in [7, 11) is -1.10. The number of hydrogen-bond acceptors (Lipinski definition) is 6. The number of halogens is 3. The van der Waals surface area contributed by atoms with Gasteiger partial charge in [-0.25, -0.2) is 27.3 Å². The average Bonchev–Trinajstić information content (AvgIpc) is 2.76. The minimum Gasteiger partial charge on any atom is -0.363 e. The van der Waals surface area contributed by atoms with Crippen LogP contribution in [0.15, 0.2) is 41.5 Å². The van der Waals surface area contributed by atoms with Crippen molar-refractivity contribution >= 4 is 32.2 Å². The normalized spacial score (nSPS) is 19.5. The number of fused-ring (bicyclic) bond motifs is 1. The van der Waals surface area contributed by atoms with Gasteiger partial charge >= 0.3 is 0 Å². The van der Waals surface area contributed by atoms with E-state index >= 15 is 0 Å². The topological polar surface area (TPSA) is 101 Å². The Morgan fingerprint density at radius 3 is 2.64 bits per heavy atom. The summed E-state index contributed by atoms with van der Waals surface area (Å²) in [6.07, 6.45) is 0.321. The lowest BCUT2D eigenvalue weighted by Gasteiger charge is -2.20. The van der Waals surface area contributed by atoms with Gasteiger partial charge in [0, 0.05) is 33.7 Å². The van der Waals surface area contributed by atoms with Crippen LogP contribution in [0.5, 0.6) is 0 Å². The minimum absolute atomic E-state index is 0.0600. The maximum absolute atomic E-state index is 14.6. The highest BCUT2D eigenvalue weighted by atomic mass is 32.2. The Morgan fingerprint density at radius 2 is 1.97 bits per heavy atom. The fourth-order valence-corrected chi connectivity index (χ4v) is 5.10. The summed E-state index contributed by atoms with van der Waals surface area (Å²) in [5.74, 6) is -0.415. The molecule has 2 unspecified atom stereocenters. The molecule has 0 spiro atoms. The smallest absolute Gasteiger partial charge is 0.266 e. The molecule has 0 amide bonds. The molecule has 174 valence electrons. The molecule has 0 bridgehead atoms. The molecular formula is C22H22F3N5O2S. The molecule has 0 saturated heterocycles. The highest BCUT2D eigenvalue weighted by Crippen LogP contribution is 2.31. The molecule has 1 aliphatic heterocycles. The van der Waals surface area contributed by atoms with E-state index in [0.717, 1.165) is 6.07 Å². The fourth-order valence-electron chi connectivity index (χ4n) is 3.91. The summed E-state index contributed by atoms with van der Waals surface area (Å²) in [4.78, 5) is 21.4. The number of aromatic nitrogens is 3. The summed E-state index contributed by atoms with van der Waals surface area (Å²) in [6, 6.07) is 4.77. The van der Waals surface area contributed by atoms with E-state index in [1.165, 1.54) is 23.0 Å². The van der Waals surface area contributed by atoms with Gasteiger partial charge in [0.05, 0.1) is 22.7 Å². The van der Waals surface area contributed by atoms with Crippen molar-refractivity contribution in [1.29, 1.82) is 4.78 Å². The van der Waals surface area contributed by atoms with Gasteiger partial charge in [0.25, 0.3) is 12.0 Å². The zero-order valence-corrected chi connectivity index (χ0v) is 18.8. The van der Waals surface area contributed by atoms with E-state index < -0.39 is 33.6 Å². The number of pyridine rings is 1. The first-order valence-electron chi connectivity index (χ1n) is 10.2. The lowest BCUT2D eigenvalue weighted by Crippen LogP contribution is -2.24. The number of anilines is 1. The molecule has 4 rings (SSSR count). The van der Waals surface area contributed by atoms with Gasteiger partial charge in [0.2, 0.25) is 0 Å². The van der Waals surface area contributed by atoms with Crippen LogP contribution in [0.4, 0.5) is 19.0 Å². The Labute approximate surface area is 188 Å². The van der Waals surface area contributed by atoms with Crippen LogP contribution in [-0.4, -0.2) is 30.2 Å². The van der Waals surface area contributed by atoms with E-state index in [-0.39, 0.29) is 22.6 Å². The minimum atomic E-state index is -2.93. The Kier molecular flexibility index (Phi) is 6.00. The van der Waals surface area contributed by atoms with Crippen LogP contribution in [0.1, 0.15) is 42.5 Å². The van der Waals surface area contributed by atoms with Crippen molar-refractivity contribution < 1.29 is 17.4 Å². The third-order valence-electron chi connectivity index (χ3n) is 5.76. The predicted octanol–water partition coefficient (Wildman–Crippen LogP) is 4.41. The first kappa shape index (κ1) is 23.0. The molecule has 3 aromatic rings. The zero-order chi connectivity index (χ0) is 23.9. The summed E-state index contributed by atoms with van der Waals surface area (Å²) in [6.45, 7) is 1.62. The monoisotopic (exact) mass is 477 g/mol. The van der Waals surface area contributed by atoms with Crippen molar-refractivity contribution in [3.63, 3.8) is 0 Å². The highest BCUT2D eigenvalue weighted by Gasteiger charge is 2.22. The Bertz CT molecular complexity index is 1430. The number of benzene rings is 1. The molecule has 7 nitrogen and oxygen atoms in total. The molecular weight excluding hydrogens is 455 g/mol. The van der Waals surface area contributed by atoms with Gasteiger partial charge in [0.15, 0.2) is 0 Å². The molecule has 3 heterocycles. The Balaban J connectivity index is 1.78. The Hall–Kier alpha value is -3.21. The number of hydrogen-bond donors (Lipinski definition) is 2. The lowest BCUT2D eigenvalue weighted by molar-refractivity contribution is 0.146. The SMILES string of the molecule is CC(Nc1ncnc2c1cc(C1=CCS(=N)(=O)CC1)c(=O)n2C)c1cccc(C(F)F)c1F. The molecule has 2 atom stereocenters. The number of allylic oxidation sites excluding steroid dienone is 1. The molecule has 2 N–H and O–H groups in total. The van der Waals surface area contributed by atoms with Crippen molar-refractivity contribution in [3.8, 4) is 0 Å². The zero-order valence-electron chi connectivity index (χ0n) is 17.9. The van der Waals surface area contributed by atoms with Crippen molar-refractivity contribution in [2.75, 3.05) is 16.8 Å². The molecule has 33 heavy (non-hydrogen) atoms. The van der Waals surface area contributed by atoms with E-state index in [1.807, 2.05) is 0 Å². The van der Waals surface area contributed by atoms with E-state index in [0.29, 0.717) is 34.4 Å². The molecule has 11 heteroatoms. The van der Waals surface area contributed by atoms with Gasteiger partial charge in [-0.2, -0.15) is 0 Å². The van der Waals surface area contributed by atoms with Crippen LogP contribution in [0.25, 0.3) is 16.6 Å². The molecule has 0 fully saturated rings. The number of aryl methyl sites for hydroxylation is 1. The quantitative estimate of drug-likeness (QED) is 0.567. The molecule has 0 saturated carbocycles. The number of rotatable bonds is 5. The molecule has 2 aromatic heterocycles. The highest BCUT2D eigenvalue weighted by molar-refractivity contribution is 7.92. The van der Waals surface area contributed by atoms with Crippen LogP contribution in [0, 0.1) is 10.6 Å². The molecule has 0 aliphatic carbocycles. The Morgan fingerprint density at radius 1 is 1.24 bits per heavy atom. The number of nitrogens with zero attached hydrogens (tertiary/aromatic N) is 3. The van der Waals surface area contributed by atoms with Crippen LogP contribution >= 0.6 is 0 Å². The summed E-state index contributed by atoms with van der Waals surface area (Å²) >= 11 is 0. The van der Waals surface area contributed by atoms with Gasteiger partial charge in [0.1, 0.15) is 23.6 Å². The van der Waals surface area contributed by atoms with Crippen LogP contribution in [0.3, 0.4) is 0 Å². The maximum Gasteiger partial charge on any atom is 0.266 e. The van der Waals surface area contributed by atoms with Gasteiger partial charge in [-0.1, -0.05) is 24.3 Å². The van der Waals surface area contributed by atoms with Gasteiger partial charge in [-0.3, -0.25) is 14.1 Å². The predicted molar refractivity (Wildman–Crippen MR) is 121 cm³/mol. The van der Waals surface area contributed by atoms with Gasteiger partial charge in [-0.05, 0) is 25.0 Å². The van der Waals surface area contributed by atoms with E-state index in [4.69, 9.17) is 4.78 Å². The second-order valence-electron chi connectivity index (χ2n) is 7.96. The second kappa shape index (κ2) is 8.62. The number of alkyl halides is 2. The first-order valence-corrected chi connectivity index (χ1v) is 12.1. The van der Waals surface area contributed by atoms with Crippen LogP contribution in [-0.2, 0) is 16.8 Å². The maximum atomic E-state index is 14.6. The summed E-state index contributed by atoms with van der Waals surface area (Å²) in [5, 5.41) is 3.54. The van der Waals surface area contributed by atoms with Crippen molar-refractivity contribution in [2.24, 2.45) is 7.05 Å². The van der Waals surface area contributed by atoms with Crippen LogP contribution < -0.4 is 10.9 Å². The van der Waals surface area contributed by atoms with Gasteiger partial charge < -0.3 is 5.32 Å². The third-order valence-corrected chi connectivity index (χ3v) is 7.33. The van der Waals surface area contributed by atoms with Crippen molar-refractivity contribution in [3.05, 3.63) is 69.5 Å². The van der Waals surface area contributed by atoms with E-state index in [9.17, 15) is 22.2 Å². The van der Waals surface area contributed by atoms with Crippen molar-refractivity contribution in [2.45, 2.75) is 25.8 Å². The lowest BCUT2D eigenvalue weighted by atomic mass is 10.0. The third kappa shape index (κ3) is 4.37. The fraction of sp³-hybridized carbons (Fsp3) is 0.318. The summed E-state index contributed by atoms with van der Waals surface area (Å²) in [5.41, 5.74) is 0.522. The first-order chi connectivity index (χ1) is 15.6. The number of nitrogens with one attached hydrogen (secondary N) is 2. The molecule has 1 aliphatic rings.